The van der Waals surface area contributed by atoms with Gasteiger partial charge in [0, 0.05) is 42.7 Å². The summed E-state index contributed by atoms with van der Waals surface area (Å²) >= 11 is -1.49. The smallest absolute Gasteiger partial charge is 0.503 e. The van der Waals surface area contributed by atoms with Gasteiger partial charge in [-0.05, 0) is 39.3 Å². The quantitative estimate of drug-likeness (QED) is 0.153. The van der Waals surface area contributed by atoms with Crippen molar-refractivity contribution in [1.82, 2.24) is 0 Å². The summed E-state index contributed by atoms with van der Waals surface area (Å²) in [6.07, 6.45) is 0. The summed E-state index contributed by atoms with van der Waals surface area (Å²) in [6, 6.07) is 0. The molecule has 0 aromatic rings. The van der Waals surface area contributed by atoms with Gasteiger partial charge in [-0.3, -0.25) is 0 Å². The fourth-order valence-electron chi connectivity index (χ4n) is 0.454. The molecule has 8 N–H and O–H groups in total. The van der Waals surface area contributed by atoms with Crippen LogP contribution < -0.4 is 0 Å². The summed E-state index contributed by atoms with van der Waals surface area (Å²) in [6.45, 7) is 9.77. The van der Waals surface area contributed by atoms with E-state index in [0.717, 1.165) is 28.4 Å². The van der Waals surface area contributed by atoms with E-state index in [2.05, 4.69) is 4.43 Å². The van der Waals surface area contributed by atoms with Crippen molar-refractivity contribution < 1.29 is 152 Å². The van der Waals surface area contributed by atoms with Crippen LogP contribution in [0.15, 0.2) is 0 Å². The topological polar surface area (TPSA) is 190 Å². The predicted octanol–water partition coefficient (Wildman–Crippen LogP) is 2.49. The molecule has 0 bridgehead atoms. The second-order valence-corrected chi connectivity index (χ2v) is 17.2. The van der Waals surface area contributed by atoms with Crippen LogP contribution in [0.5, 0.6) is 0 Å². The third-order valence-electron chi connectivity index (χ3n) is 1.29. The minimum atomic E-state index is -2.61. The SMILES string of the molecule is CO.CO.CO.CO.CO[Si](C)(C)O.C[O][Al]([CH3])[O][Si](C)(C)O.C[Si](C)(O)O.[CH3-].[CH3-].[CH3-].[CH3-].[CH3-].[CH3-].[CH3-].[CH3-].[Ti+2].[Zr+2].[Zr+2].[Zr+2]. The Morgan fingerprint density at radius 1 is 0.475 bits per heavy atom. The molecule has 0 amide bonds. The summed E-state index contributed by atoms with van der Waals surface area (Å²) in [5.74, 6) is 1.89. The van der Waals surface area contributed by atoms with Crippen molar-refractivity contribution >= 4 is 40.5 Å². The van der Waals surface area contributed by atoms with Gasteiger partial charge in [-0.15, -0.1) is 0 Å². The van der Waals surface area contributed by atoms with Gasteiger partial charge in [-0.1, -0.05) is 5.79 Å². The molecule has 0 aliphatic carbocycles. The van der Waals surface area contributed by atoms with Crippen LogP contribution in [0.25, 0.3) is 0 Å². The maximum Gasteiger partial charge on any atom is 2.00 e. The Kier molecular flexibility index (Phi) is 314. The van der Waals surface area contributed by atoms with E-state index < -0.39 is 40.5 Å². The van der Waals surface area contributed by atoms with Crippen molar-refractivity contribution in [2.45, 2.75) is 45.1 Å². The van der Waals surface area contributed by atoms with Crippen LogP contribution in [0, 0.1) is 59.4 Å². The van der Waals surface area contributed by atoms with Gasteiger partial charge in [0.25, 0.3) is 0 Å². The van der Waals surface area contributed by atoms with Gasteiger partial charge in [0.1, 0.15) is 0 Å². The van der Waals surface area contributed by atoms with Crippen molar-refractivity contribution in [3.63, 3.8) is 0 Å². The normalized spacial score (nSPS) is 6.53. The molecule has 0 saturated carbocycles. The van der Waals surface area contributed by atoms with Crippen LogP contribution in [0.2, 0.25) is 45.1 Å². The van der Waals surface area contributed by atoms with Crippen LogP contribution in [-0.4, -0.2) is 123 Å². The average Bonchev–Trinajstić information content (AvgIpc) is 2.59. The second kappa shape index (κ2) is 96.7. The van der Waals surface area contributed by atoms with Gasteiger partial charge < -0.3 is 111 Å². The van der Waals surface area contributed by atoms with Gasteiger partial charge in [-0.2, -0.15) is 0 Å². The molecular formula is C21H71AlO11Si3TiZr3. The number of hydrogen-bond donors (Lipinski definition) is 8. The Bertz CT molecular complexity index is 259. The van der Waals surface area contributed by atoms with Gasteiger partial charge in [0.05, 0.1) is 0 Å². The summed E-state index contributed by atoms with van der Waals surface area (Å²) in [4.78, 5) is 34.4. The molecule has 0 rings (SSSR count). The molecule has 252 valence electrons. The van der Waals surface area contributed by atoms with E-state index in [0.29, 0.717) is 0 Å². The molecule has 0 spiro atoms. The van der Waals surface area contributed by atoms with E-state index in [9.17, 15) is 4.80 Å². The molecule has 0 aliphatic rings. The zero-order chi connectivity index (χ0) is 25.2. The van der Waals surface area contributed by atoms with Crippen LogP contribution in [0.3, 0.4) is 0 Å². The standard InChI is InChI=1S/C3H10O2Si.C2H8O2Si.C2H7O2Si.4CH4O.CH3O.9CH3.Al.Ti.3Zr/c1-5-6(2,3)4;2*1-5(2,3)4;5*1-2;;;;;;;;;;;;;;/h4H,1-3H3;3-4H,1-2H3;3H,1-2H3;4*2H,1H3;1H3;9*1H3;;;;;/q;;-1;;;;;-1;;8*-1;5*+2. The van der Waals surface area contributed by atoms with Crippen LogP contribution in [0.1, 0.15) is 0 Å². The first-order valence-corrected chi connectivity index (χ1v) is 18.7. The molecule has 0 fully saturated rings. The number of aliphatic hydroxyl groups is 4. The Labute approximate surface area is 335 Å². The Balaban J connectivity index is -0.00000000772. The summed E-state index contributed by atoms with van der Waals surface area (Å²) in [7, 11) is 0.0814. The minimum absolute atomic E-state index is 0. The zero-order valence-corrected chi connectivity index (χ0v) is 43.0. The molecule has 0 unspecified atom stereocenters. The van der Waals surface area contributed by atoms with Crippen molar-refractivity contribution in [2.24, 2.45) is 0 Å². The minimum Gasteiger partial charge on any atom is -0.503 e. The summed E-state index contributed by atoms with van der Waals surface area (Å²) in [5, 5.41) is 28.0. The Hall–Kier alpha value is 4.11. The van der Waals surface area contributed by atoms with Crippen molar-refractivity contribution in [3.8, 4) is 0 Å². The van der Waals surface area contributed by atoms with Gasteiger partial charge >= 0.3 is 141 Å². The zero-order valence-electron chi connectivity index (χ0n) is 29.9. The third-order valence-corrected chi connectivity index (χ3v) is 6.58. The van der Waals surface area contributed by atoms with Crippen molar-refractivity contribution in [3.05, 3.63) is 59.4 Å². The monoisotopic (exact) mass is 928 g/mol. The largest absolute Gasteiger partial charge is 2.00 e. The molecule has 19 heteroatoms. The first kappa shape index (κ1) is 130. The summed E-state index contributed by atoms with van der Waals surface area (Å²) < 4.78 is 14.7. The van der Waals surface area contributed by atoms with Crippen LogP contribution in [-0.2, 0) is 112 Å². The molecule has 0 heterocycles. The van der Waals surface area contributed by atoms with Gasteiger partial charge in [-0.25, -0.2) is 0 Å². The number of rotatable bonds is 4. The second-order valence-electron chi connectivity index (χ2n) is 5.51. The molecule has 0 aromatic heterocycles. The molecule has 0 radical (unpaired) electrons. The molecule has 0 saturated heterocycles. The fraction of sp³-hybridized carbons (Fsp3) is 0.619. The Morgan fingerprint density at radius 2 is 0.600 bits per heavy atom. The van der Waals surface area contributed by atoms with E-state index in [1.807, 2.05) is 5.79 Å². The first-order chi connectivity index (χ1) is 12.5. The maximum atomic E-state index is 9.19. The van der Waals surface area contributed by atoms with E-state index >= 15 is 0 Å². The molecule has 0 aromatic carbocycles. The summed E-state index contributed by atoms with van der Waals surface area (Å²) in [5.41, 5.74) is 0. The van der Waals surface area contributed by atoms with Crippen molar-refractivity contribution in [2.75, 3.05) is 42.7 Å². The van der Waals surface area contributed by atoms with Crippen LogP contribution in [0.4, 0.5) is 0 Å². The Morgan fingerprint density at radius 3 is 0.625 bits per heavy atom. The van der Waals surface area contributed by atoms with E-state index in [1.54, 1.807) is 33.3 Å². The van der Waals surface area contributed by atoms with Crippen LogP contribution >= 0.6 is 0 Å². The van der Waals surface area contributed by atoms with Gasteiger partial charge in [0.15, 0.2) is 0 Å². The molecule has 11 nitrogen and oxygen atoms in total. The van der Waals surface area contributed by atoms with Crippen molar-refractivity contribution in [1.29, 1.82) is 0 Å². The van der Waals surface area contributed by atoms with E-state index in [1.165, 1.54) is 20.2 Å². The predicted molar refractivity (Wildman–Crippen MR) is 172 cm³/mol. The maximum absolute atomic E-state index is 9.19. The first-order valence-electron chi connectivity index (χ1n) is 7.96. The molecule has 0 aliphatic heterocycles. The fourth-order valence-corrected chi connectivity index (χ4v) is 4.09. The molecule has 0 atom stereocenters. The number of hydrogen-bond acceptors (Lipinski definition) is 11. The average molecular weight is 933 g/mol. The molecular weight excluding hydrogens is 861 g/mol. The third kappa shape index (κ3) is 358. The van der Waals surface area contributed by atoms with E-state index in [-0.39, 0.29) is 160 Å². The van der Waals surface area contributed by atoms with Gasteiger partial charge in [0.2, 0.25) is 0 Å². The van der Waals surface area contributed by atoms with E-state index in [4.69, 9.17) is 42.1 Å². The molecule has 40 heavy (non-hydrogen) atoms. The number of aliphatic hydroxyl groups excluding tert-OH is 4.